The summed E-state index contributed by atoms with van der Waals surface area (Å²) in [5, 5.41) is 7.61. The lowest BCUT2D eigenvalue weighted by Gasteiger charge is -2.13. The number of rotatable bonds is 5. The van der Waals surface area contributed by atoms with Crippen LogP contribution in [0.5, 0.6) is 11.6 Å². The molecule has 0 fully saturated rings. The van der Waals surface area contributed by atoms with Gasteiger partial charge in [-0.2, -0.15) is 5.10 Å². The Morgan fingerprint density at radius 3 is 2.57 bits per heavy atom. The maximum absolute atomic E-state index is 6.09. The lowest BCUT2D eigenvalue weighted by Crippen LogP contribution is -2.07. The zero-order valence-corrected chi connectivity index (χ0v) is 13.8. The van der Waals surface area contributed by atoms with Crippen LogP contribution in [0.2, 0.25) is 0 Å². The molecule has 114 valence electrons. The molecule has 0 bridgehead atoms. The van der Waals surface area contributed by atoms with Gasteiger partial charge in [-0.25, -0.2) is 4.68 Å². The molecule has 4 heteroatoms. The van der Waals surface area contributed by atoms with Crippen molar-refractivity contribution >= 4 is 0 Å². The van der Waals surface area contributed by atoms with Crippen molar-refractivity contribution in [2.24, 2.45) is 7.05 Å². The minimum Gasteiger partial charge on any atom is -0.439 e. The van der Waals surface area contributed by atoms with E-state index in [0.717, 1.165) is 29.4 Å². The molecular weight excluding hydrogens is 262 g/mol. The normalized spacial score (nSPS) is 11.2. The first-order chi connectivity index (χ1) is 9.93. The number of benzene rings is 1. The van der Waals surface area contributed by atoms with Crippen LogP contribution in [-0.2, 0) is 13.6 Å². The maximum atomic E-state index is 6.09. The predicted octanol–water partition coefficient (Wildman–Crippen LogP) is 3.67. The molecule has 0 radical (unpaired) electrons. The van der Waals surface area contributed by atoms with Crippen molar-refractivity contribution < 1.29 is 4.74 Å². The van der Waals surface area contributed by atoms with E-state index in [0.29, 0.717) is 5.92 Å². The molecule has 1 N–H and O–H groups in total. The molecule has 0 unspecified atom stereocenters. The molecule has 0 aliphatic carbocycles. The Hall–Kier alpha value is -1.81. The Balaban J connectivity index is 2.32. The summed E-state index contributed by atoms with van der Waals surface area (Å²) in [5.41, 5.74) is 4.72. The summed E-state index contributed by atoms with van der Waals surface area (Å²) in [6.07, 6.45) is 0. The Kier molecular flexibility index (Phi) is 4.68. The second kappa shape index (κ2) is 6.31. The summed E-state index contributed by atoms with van der Waals surface area (Å²) < 4.78 is 7.89. The van der Waals surface area contributed by atoms with Crippen molar-refractivity contribution in [3.63, 3.8) is 0 Å². The number of hydrogen-bond acceptors (Lipinski definition) is 3. The minimum absolute atomic E-state index is 0.526. The fraction of sp³-hybridized carbons (Fsp3) is 0.471. The molecule has 0 saturated heterocycles. The zero-order valence-electron chi connectivity index (χ0n) is 13.8. The maximum Gasteiger partial charge on any atom is 0.222 e. The summed E-state index contributed by atoms with van der Waals surface area (Å²) in [7, 11) is 3.84. The standard InChI is InChI=1S/C17H25N3O/c1-11(2)15-8-7-14(9-12(15)3)21-17-16(10-18-5)13(4)19-20(17)6/h7-9,11,18H,10H2,1-6H3. The van der Waals surface area contributed by atoms with E-state index in [1.165, 1.54) is 11.1 Å². The molecule has 0 aliphatic heterocycles. The molecule has 0 spiro atoms. The summed E-state index contributed by atoms with van der Waals surface area (Å²) in [6.45, 7) is 9.30. The molecule has 0 saturated carbocycles. The van der Waals surface area contributed by atoms with Gasteiger partial charge in [0, 0.05) is 13.6 Å². The monoisotopic (exact) mass is 287 g/mol. The molecule has 4 nitrogen and oxygen atoms in total. The third kappa shape index (κ3) is 3.27. The van der Waals surface area contributed by atoms with Crippen LogP contribution in [-0.4, -0.2) is 16.8 Å². The largest absolute Gasteiger partial charge is 0.439 e. The third-order valence-corrected chi connectivity index (χ3v) is 3.72. The SMILES string of the molecule is CNCc1c(C)nn(C)c1Oc1ccc(C(C)C)c(C)c1. The van der Waals surface area contributed by atoms with E-state index in [9.17, 15) is 0 Å². The van der Waals surface area contributed by atoms with Gasteiger partial charge in [0.1, 0.15) is 5.75 Å². The fourth-order valence-corrected chi connectivity index (χ4v) is 2.66. The summed E-state index contributed by atoms with van der Waals surface area (Å²) in [5.74, 6) is 2.19. The van der Waals surface area contributed by atoms with E-state index >= 15 is 0 Å². The quantitative estimate of drug-likeness (QED) is 0.912. The van der Waals surface area contributed by atoms with Crippen LogP contribution in [0.15, 0.2) is 18.2 Å². The number of ether oxygens (including phenoxy) is 1. The highest BCUT2D eigenvalue weighted by Crippen LogP contribution is 2.30. The highest BCUT2D eigenvalue weighted by atomic mass is 16.5. The molecule has 0 amide bonds. The smallest absolute Gasteiger partial charge is 0.222 e. The van der Waals surface area contributed by atoms with Gasteiger partial charge in [-0.3, -0.25) is 0 Å². The van der Waals surface area contributed by atoms with Crippen molar-refractivity contribution in [3.05, 3.63) is 40.6 Å². The van der Waals surface area contributed by atoms with E-state index < -0.39 is 0 Å². The fourth-order valence-electron chi connectivity index (χ4n) is 2.66. The van der Waals surface area contributed by atoms with Crippen LogP contribution in [0, 0.1) is 13.8 Å². The van der Waals surface area contributed by atoms with Crippen LogP contribution >= 0.6 is 0 Å². The first-order valence-electron chi connectivity index (χ1n) is 7.39. The van der Waals surface area contributed by atoms with Gasteiger partial charge in [-0.05, 0) is 50.1 Å². The molecule has 0 atom stereocenters. The molecule has 2 aromatic rings. The molecule has 1 aromatic carbocycles. The van der Waals surface area contributed by atoms with Gasteiger partial charge < -0.3 is 10.1 Å². The summed E-state index contributed by atoms with van der Waals surface area (Å²) in [6, 6.07) is 6.28. The van der Waals surface area contributed by atoms with Crippen LogP contribution in [0.1, 0.15) is 42.1 Å². The van der Waals surface area contributed by atoms with E-state index in [4.69, 9.17) is 4.74 Å². The first kappa shape index (κ1) is 15.6. The Bertz CT molecular complexity index is 629. The summed E-state index contributed by atoms with van der Waals surface area (Å²) >= 11 is 0. The predicted molar refractivity (Wildman–Crippen MR) is 86.1 cm³/mol. The average molecular weight is 287 g/mol. The number of hydrogen-bond donors (Lipinski definition) is 1. The van der Waals surface area contributed by atoms with Gasteiger partial charge in [0.05, 0.1) is 11.3 Å². The van der Waals surface area contributed by atoms with Crippen LogP contribution in [0.25, 0.3) is 0 Å². The van der Waals surface area contributed by atoms with Crippen molar-refractivity contribution in [1.82, 2.24) is 15.1 Å². The minimum atomic E-state index is 0.526. The molecule has 1 aromatic heterocycles. The first-order valence-corrected chi connectivity index (χ1v) is 7.39. The summed E-state index contributed by atoms with van der Waals surface area (Å²) in [4.78, 5) is 0. The van der Waals surface area contributed by atoms with E-state index in [1.54, 1.807) is 4.68 Å². The number of nitrogens with zero attached hydrogens (tertiary/aromatic N) is 2. The Morgan fingerprint density at radius 2 is 2.00 bits per heavy atom. The second-order valence-corrected chi connectivity index (χ2v) is 5.80. The van der Waals surface area contributed by atoms with Crippen LogP contribution in [0.4, 0.5) is 0 Å². The Morgan fingerprint density at radius 1 is 1.29 bits per heavy atom. The zero-order chi connectivity index (χ0) is 15.6. The van der Waals surface area contributed by atoms with Gasteiger partial charge in [0.15, 0.2) is 0 Å². The van der Waals surface area contributed by atoms with Gasteiger partial charge in [-0.15, -0.1) is 0 Å². The molecule has 21 heavy (non-hydrogen) atoms. The van der Waals surface area contributed by atoms with Gasteiger partial charge in [-0.1, -0.05) is 19.9 Å². The van der Waals surface area contributed by atoms with Crippen molar-refractivity contribution in [3.8, 4) is 11.6 Å². The van der Waals surface area contributed by atoms with Gasteiger partial charge in [0.25, 0.3) is 0 Å². The van der Waals surface area contributed by atoms with Crippen molar-refractivity contribution in [1.29, 1.82) is 0 Å². The highest BCUT2D eigenvalue weighted by molar-refractivity contribution is 5.40. The average Bonchev–Trinajstić information content (AvgIpc) is 2.66. The van der Waals surface area contributed by atoms with Crippen molar-refractivity contribution in [2.45, 2.75) is 40.2 Å². The van der Waals surface area contributed by atoms with Crippen LogP contribution in [0.3, 0.4) is 0 Å². The van der Waals surface area contributed by atoms with Gasteiger partial charge >= 0.3 is 0 Å². The molecule has 2 rings (SSSR count). The highest BCUT2D eigenvalue weighted by Gasteiger charge is 2.15. The van der Waals surface area contributed by atoms with E-state index in [2.05, 4.69) is 43.3 Å². The number of aromatic nitrogens is 2. The topological polar surface area (TPSA) is 39.1 Å². The number of aryl methyl sites for hydroxylation is 3. The van der Waals surface area contributed by atoms with E-state index in [1.807, 2.05) is 27.1 Å². The molecule has 1 heterocycles. The molecular formula is C17H25N3O. The lowest BCUT2D eigenvalue weighted by atomic mass is 9.98. The molecule has 0 aliphatic rings. The van der Waals surface area contributed by atoms with Gasteiger partial charge in [0.2, 0.25) is 5.88 Å². The Labute approximate surface area is 127 Å². The second-order valence-electron chi connectivity index (χ2n) is 5.80. The lowest BCUT2D eigenvalue weighted by molar-refractivity contribution is 0.424. The van der Waals surface area contributed by atoms with E-state index in [-0.39, 0.29) is 0 Å². The van der Waals surface area contributed by atoms with Crippen molar-refractivity contribution in [2.75, 3.05) is 7.05 Å². The number of nitrogens with one attached hydrogen (secondary N) is 1. The third-order valence-electron chi connectivity index (χ3n) is 3.72. The van der Waals surface area contributed by atoms with Crippen LogP contribution < -0.4 is 10.1 Å².